The topological polar surface area (TPSA) is 81.1 Å². The van der Waals surface area contributed by atoms with Crippen molar-refractivity contribution < 1.29 is 33.0 Å². The number of aliphatic hydroxyl groups is 1. The second kappa shape index (κ2) is 12.2. The van der Waals surface area contributed by atoms with Crippen molar-refractivity contribution in [2.45, 2.75) is 37.5 Å². The smallest absolute Gasteiger partial charge is 0.408 e. The minimum Gasteiger partial charge on any atom is -0.465 e. The van der Waals surface area contributed by atoms with Crippen molar-refractivity contribution >= 4 is 46.8 Å². The lowest BCUT2D eigenvalue weighted by molar-refractivity contribution is -0.161. The van der Waals surface area contributed by atoms with E-state index in [1.165, 1.54) is 25.2 Å². The molecule has 2 aromatic rings. The molecular formula is C23H24Cl3F3N2O4. The Labute approximate surface area is 215 Å². The van der Waals surface area contributed by atoms with Crippen LogP contribution in [-0.2, 0) is 16.9 Å². The first-order valence-corrected chi connectivity index (χ1v) is 11.5. The molecule has 0 radical (unpaired) electrons. The van der Waals surface area contributed by atoms with E-state index in [2.05, 4.69) is 0 Å². The Bertz CT molecular complexity index is 1040. The average Bonchev–Trinajstić information content (AvgIpc) is 2.76. The SMILES string of the molecule is CN(C[C@](CCCO)(c1ccc(Cl)c(Cl)c1)N(Cc1ccc(Cl)cc1)C(=O)O)C(=O)CC(F)(F)F. The number of nitrogens with zero attached hydrogens (tertiary/aromatic N) is 2. The molecule has 0 heterocycles. The van der Waals surface area contributed by atoms with Crippen LogP contribution in [0.2, 0.25) is 15.1 Å². The Morgan fingerprint density at radius 3 is 2.14 bits per heavy atom. The van der Waals surface area contributed by atoms with Crippen LogP contribution in [0.4, 0.5) is 18.0 Å². The maximum Gasteiger partial charge on any atom is 0.408 e. The fourth-order valence-corrected chi connectivity index (χ4v) is 4.23. The second-order valence-corrected chi connectivity index (χ2v) is 9.28. The van der Waals surface area contributed by atoms with Crippen LogP contribution in [0.15, 0.2) is 42.5 Å². The number of amides is 2. The second-order valence-electron chi connectivity index (χ2n) is 8.02. The average molecular weight is 556 g/mol. The van der Waals surface area contributed by atoms with Gasteiger partial charge in [0.2, 0.25) is 5.91 Å². The van der Waals surface area contributed by atoms with Gasteiger partial charge in [-0.25, -0.2) is 4.79 Å². The highest BCUT2D eigenvalue weighted by Gasteiger charge is 2.44. The summed E-state index contributed by atoms with van der Waals surface area (Å²) in [6.07, 6.45) is -7.76. The fraction of sp³-hybridized carbons (Fsp3) is 0.391. The molecule has 0 aliphatic carbocycles. The molecule has 2 N–H and O–H groups in total. The number of carboxylic acid groups (broad SMARTS) is 1. The third-order valence-electron chi connectivity index (χ3n) is 5.48. The molecule has 6 nitrogen and oxygen atoms in total. The monoisotopic (exact) mass is 554 g/mol. The summed E-state index contributed by atoms with van der Waals surface area (Å²) in [4.78, 5) is 26.8. The van der Waals surface area contributed by atoms with Crippen molar-refractivity contribution in [1.29, 1.82) is 0 Å². The number of carbonyl (C=O) groups is 2. The van der Waals surface area contributed by atoms with Crippen LogP contribution in [0.3, 0.4) is 0 Å². The normalized spacial score (nSPS) is 13.3. The largest absolute Gasteiger partial charge is 0.465 e. The van der Waals surface area contributed by atoms with E-state index in [0.717, 1.165) is 9.80 Å². The maximum atomic E-state index is 12.9. The molecule has 0 aliphatic heterocycles. The number of hydrogen-bond acceptors (Lipinski definition) is 3. The molecule has 0 aliphatic rings. The molecular weight excluding hydrogens is 532 g/mol. The zero-order chi connectivity index (χ0) is 26.4. The summed E-state index contributed by atoms with van der Waals surface area (Å²) in [5.74, 6) is -1.23. The predicted molar refractivity (Wildman–Crippen MR) is 128 cm³/mol. The van der Waals surface area contributed by atoms with Gasteiger partial charge in [0, 0.05) is 31.8 Å². The van der Waals surface area contributed by atoms with Gasteiger partial charge in [0.25, 0.3) is 0 Å². The van der Waals surface area contributed by atoms with E-state index in [0.29, 0.717) is 16.1 Å². The lowest BCUT2D eigenvalue weighted by atomic mass is 9.82. The van der Waals surface area contributed by atoms with E-state index in [4.69, 9.17) is 34.8 Å². The number of carbonyl (C=O) groups excluding carboxylic acids is 1. The summed E-state index contributed by atoms with van der Waals surface area (Å²) in [5.41, 5.74) is -0.712. The molecule has 1 atom stereocenters. The maximum absolute atomic E-state index is 12.9. The van der Waals surface area contributed by atoms with Crippen LogP contribution in [0.1, 0.15) is 30.4 Å². The highest BCUT2D eigenvalue weighted by atomic mass is 35.5. The zero-order valence-electron chi connectivity index (χ0n) is 18.7. The first-order chi connectivity index (χ1) is 16.3. The molecule has 0 spiro atoms. The van der Waals surface area contributed by atoms with Gasteiger partial charge in [0.05, 0.1) is 15.6 Å². The first kappa shape index (κ1) is 29.0. The van der Waals surface area contributed by atoms with Crippen LogP contribution >= 0.6 is 34.8 Å². The van der Waals surface area contributed by atoms with Crippen LogP contribution in [0, 0.1) is 0 Å². The first-order valence-electron chi connectivity index (χ1n) is 10.4. The van der Waals surface area contributed by atoms with Crippen LogP contribution in [-0.4, -0.2) is 58.4 Å². The van der Waals surface area contributed by atoms with Crippen molar-refractivity contribution in [2.75, 3.05) is 20.2 Å². The standard InChI is InChI=1S/C23H24Cl3F3N2O4/c1-30(20(33)12-23(27,28)29)14-22(9-2-10-32,16-5-8-18(25)19(26)11-16)31(21(34)35)13-15-3-6-17(24)7-4-15/h3-8,11,32H,2,9-10,12-14H2,1H3,(H,34,35)/t22-/m1/s1. The molecule has 0 saturated heterocycles. The summed E-state index contributed by atoms with van der Waals surface area (Å²) >= 11 is 18.2. The Balaban J connectivity index is 2.66. The molecule has 0 bridgehead atoms. The lowest BCUT2D eigenvalue weighted by Gasteiger charge is -2.45. The fourth-order valence-electron chi connectivity index (χ4n) is 3.81. The van der Waals surface area contributed by atoms with E-state index < -0.39 is 36.7 Å². The van der Waals surface area contributed by atoms with Gasteiger partial charge >= 0.3 is 12.3 Å². The van der Waals surface area contributed by atoms with E-state index in [-0.39, 0.29) is 36.0 Å². The summed E-state index contributed by atoms with van der Waals surface area (Å²) < 4.78 is 38.7. The van der Waals surface area contributed by atoms with Crippen molar-refractivity contribution in [2.24, 2.45) is 0 Å². The number of hydrogen-bond donors (Lipinski definition) is 2. The number of likely N-dealkylation sites (N-methyl/N-ethyl adjacent to an activating group) is 1. The van der Waals surface area contributed by atoms with Gasteiger partial charge in [-0.2, -0.15) is 13.2 Å². The van der Waals surface area contributed by atoms with Crippen molar-refractivity contribution in [3.05, 3.63) is 68.7 Å². The molecule has 0 saturated carbocycles. The van der Waals surface area contributed by atoms with Crippen LogP contribution in [0.25, 0.3) is 0 Å². The quantitative estimate of drug-likeness (QED) is 0.365. The molecule has 192 valence electrons. The number of halogens is 6. The molecule has 2 aromatic carbocycles. The highest BCUT2D eigenvalue weighted by molar-refractivity contribution is 6.42. The summed E-state index contributed by atoms with van der Waals surface area (Å²) in [7, 11) is 1.17. The van der Waals surface area contributed by atoms with Crippen LogP contribution < -0.4 is 0 Å². The molecule has 0 unspecified atom stereocenters. The van der Waals surface area contributed by atoms with E-state index >= 15 is 0 Å². The van der Waals surface area contributed by atoms with Gasteiger partial charge in [0.1, 0.15) is 6.42 Å². The Morgan fingerprint density at radius 2 is 1.63 bits per heavy atom. The van der Waals surface area contributed by atoms with E-state index in [9.17, 15) is 33.0 Å². The number of benzene rings is 2. The molecule has 0 fully saturated rings. The zero-order valence-corrected chi connectivity index (χ0v) is 20.9. The number of alkyl halides is 3. The Kier molecular flexibility index (Phi) is 10.1. The minimum atomic E-state index is -4.74. The van der Waals surface area contributed by atoms with Gasteiger partial charge < -0.3 is 15.1 Å². The third-order valence-corrected chi connectivity index (χ3v) is 6.47. The van der Waals surface area contributed by atoms with Crippen molar-refractivity contribution in [3.63, 3.8) is 0 Å². The molecule has 2 rings (SSSR count). The van der Waals surface area contributed by atoms with Crippen molar-refractivity contribution in [3.8, 4) is 0 Å². The van der Waals surface area contributed by atoms with Crippen molar-refractivity contribution in [1.82, 2.24) is 9.80 Å². The van der Waals surface area contributed by atoms with Gasteiger partial charge in [-0.1, -0.05) is 53.0 Å². The summed E-state index contributed by atoms with van der Waals surface area (Å²) in [5, 5.41) is 20.5. The molecule has 2 amide bonds. The van der Waals surface area contributed by atoms with Gasteiger partial charge in [-0.05, 0) is 48.2 Å². The Morgan fingerprint density at radius 1 is 1.00 bits per heavy atom. The lowest BCUT2D eigenvalue weighted by Crippen LogP contribution is -2.55. The van der Waals surface area contributed by atoms with Gasteiger partial charge in [0.15, 0.2) is 0 Å². The van der Waals surface area contributed by atoms with Gasteiger partial charge in [-0.3, -0.25) is 9.69 Å². The minimum absolute atomic E-state index is 0.0228. The predicted octanol–water partition coefficient (Wildman–Crippen LogP) is 6.21. The Hall–Kier alpha value is -2.20. The molecule has 12 heteroatoms. The molecule has 0 aromatic heterocycles. The van der Waals surface area contributed by atoms with E-state index in [1.807, 2.05) is 0 Å². The highest BCUT2D eigenvalue weighted by Crippen LogP contribution is 2.39. The summed E-state index contributed by atoms with van der Waals surface area (Å²) in [6, 6.07) is 10.7. The molecule has 35 heavy (non-hydrogen) atoms. The summed E-state index contributed by atoms with van der Waals surface area (Å²) in [6.45, 7) is -0.934. The third kappa shape index (κ3) is 7.90. The van der Waals surface area contributed by atoms with Gasteiger partial charge in [-0.15, -0.1) is 0 Å². The number of aliphatic hydroxyl groups excluding tert-OH is 1. The van der Waals surface area contributed by atoms with E-state index in [1.54, 1.807) is 24.3 Å². The van der Waals surface area contributed by atoms with Crippen LogP contribution in [0.5, 0.6) is 0 Å². The number of rotatable bonds is 10.